The van der Waals surface area contributed by atoms with Gasteiger partial charge in [0.15, 0.2) is 40.5 Å². The van der Waals surface area contributed by atoms with Crippen LogP contribution >= 0.6 is 0 Å². The molecule has 2 aliphatic heterocycles. The topological polar surface area (TPSA) is 248 Å². The summed E-state index contributed by atoms with van der Waals surface area (Å²) >= 11 is 0. The maximum absolute atomic E-state index is 10.7. The third kappa shape index (κ3) is 33.5. The zero-order chi connectivity index (χ0) is 55.4. The number of rotatable bonds is 3. The molecule has 0 N–H and O–H groups in total. The number of hydrogen-bond donors (Lipinski definition) is 0. The predicted octanol–water partition coefficient (Wildman–Crippen LogP) is 4.22. The van der Waals surface area contributed by atoms with E-state index in [1.165, 1.54) is 39.3 Å². The van der Waals surface area contributed by atoms with Gasteiger partial charge in [-0.2, -0.15) is 52.7 Å². The molecule has 2 aliphatic rings. The Morgan fingerprint density at radius 3 is 0.486 bits per heavy atom. The van der Waals surface area contributed by atoms with E-state index in [1.54, 1.807) is 0 Å². The Balaban J connectivity index is -0.000000334. The molecular formula is C34H64Cu2F12N6O12S4. The Kier molecular flexibility index (Phi) is 32.7. The molecule has 0 amide bonds. The van der Waals surface area contributed by atoms with Crippen molar-refractivity contribution in [3.8, 4) is 0 Å². The first kappa shape index (κ1) is 78.5. The molecule has 0 aliphatic carbocycles. The summed E-state index contributed by atoms with van der Waals surface area (Å²) in [6, 6.07) is 0. The largest absolute Gasteiger partial charge is 2.00 e. The molecule has 0 bridgehead atoms. The van der Waals surface area contributed by atoms with Crippen LogP contribution in [0.1, 0.15) is 83.1 Å². The molecule has 2 rings (SSSR count). The van der Waals surface area contributed by atoms with Gasteiger partial charge in [-0.3, -0.25) is 29.4 Å². The van der Waals surface area contributed by atoms with E-state index in [0.717, 1.165) is 52.4 Å². The molecule has 0 aromatic carbocycles. The van der Waals surface area contributed by atoms with E-state index in [4.69, 9.17) is 51.9 Å². The minimum Gasteiger partial charge on any atom is -0.741 e. The van der Waals surface area contributed by atoms with E-state index in [9.17, 15) is 52.7 Å². The van der Waals surface area contributed by atoms with Crippen molar-refractivity contribution < 1.29 is 139 Å². The smallest absolute Gasteiger partial charge is 0.741 e. The summed E-state index contributed by atoms with van der Waals surface area (Å²) < 4.78 is 236. The van der Waals surface area contributed by atoms with Crippen LogP contribution in [0.5, 0.6) is 0 Å². The number of nitrogens with zero attached hydrogens (tertiary/aromatic N) is 6. The first-order chi connectivity index (χ1) is 29.4. The van der Waals surface area contributed by atoms with Crippen LogP contribution in [0.15, 0.2) is 0 Å². The molecule has 18 nitrogen and oxygen atoms in total. The molecule has 0 saturated carbocycles. The van der Waals surface area contributed by atoms with Gasteiger partial charge in [0.1, 0.15) is 0 Å². The van der Waals surface area contributed by atoms with Gasteiger partial charge < -0.3 is 18.2 Å². The maximum atomic E-state index is 10.7. The quantitative estimate of drug-likeness (QED) is 0.166. The summed E-state index contributed by atoms with van der Waals surface area (Å²) in [7, 11) is -24.4. The van der Waals surface area contributed by atoms with Crippen LogP contribution < -0.4 is 0 Å². The molecule has 36 heteroatoms. The van der Waals surface area contributed by atoms with Crippen LogP contribution in [0.3, 0.4) is 0 Å². The molecule has 2 fully saturated rings. The SMILES string of the molecule is CC(C)(C)N1CCN(CCN2CCN(C(C)(C)C)CCN(C(C)(C)C)CC2)CCN(C(C)(C)C)CC1.O=S(=O)([O-])C(F)(F)F.O=S(=O)([O-])C(F)(F)F.O=S(=O)([O-])C(F)(F)F.O=S(=O)([O-])C(F)(F)F.[Cu+2].[Cu+2]. The predicted molar refractivity (Wildman–Crippen MR) is 221 cm³/mol. The number of hydrogen-bond acceptors (Lipinski definition) is 18. The Morgan fingerprint density at radius 2 is 0.400 bits per heavy atom. The van der Waals surface area contributed by atoms with Crippen LogP contribution in [0.25, 0.3) is 0 Å². The van der Waals surface area contributed by atoms with E-state index < -0.39 is 62.5 Å². The van der Waals surface area contributed by atoms with Crippen molar-refractivity contribution in [1.82, 2.24) is 29.4 Å². The van der Waals surface area contributed by atoms with Crippen molar-refractivity contribution in [3.05, 3.63) is 0 Å². The first-order valence-electron chi connectivity index (χ1n) is 19.9. The van der Waals surface area contributed by atoms with E-state index >= 15 is 0 Å². The molecule has 2 heterocycles. The third-order valence-electron chi connectivity index (χ3n) is 9.69. The van der Waals surface area contributed by atoms with Gasteiger partial charge in [0.25, 0.3) is 0 Å². The van der Waals surface area contributed by atoms with Crippen LogP contribution in [0, 0.1) is 0 Å². The average Bonchev–Trinajstić information content (AvgIpc) is 3.22. The molecule has 2 radical (unpaired) electrons. The van der Waals surface area contributed by atoms with Crippen molar-refractivity contribution >= 4 is 40.5 Å². The second-order valence-electron chi connectivity index (χ2n) is 18.9. The van der Waals surface area contributed by atoms with Crippen molar-refractivity contribution in [3.63, 3.8) is 0 Å². The summed E-state index contributed by atoms with van der Waals surface area (Å²) in [5, 5.41) is 0. The van der Waals surface area contributed by atoms with Gasteiger partial charge in [-0.05, 0) is 83.1 Å². The van der Waals surface area contributed by atoms with Gasteiger partial charge in [-0.25, -0.2) is 33.7 Å². The minimum atomic E-state index is -6.09. The standard InChI is InChI=1S/C30H64N6.4CHF3O3S.2Cu/c1-27(2,3)33-19-15-31(16-20-34(24-23-33)28(4,5)6)13-14-32-17-21-35(29(7,8)9)25-26-36(22-18-32)30(10,11)12;4*2-1(3,4)8(5,6)7;;/h13-26H2,1-12H3;4*(H,5,6,7);;/q;;;;;2*+2/p-4. The normalized spacial score (nSPS) is 18.7. The maximum Gasteiger partial charge on any atom is 2.00 e. The summed E-state index contributed by atoms with van der Waals surface area (Å²) in [4.78, 5) is 16.3. The molecule has 0 spiro atoms. The Hall–Kier alpha value is -0.401. The van der Waals surface area contributed by atoms with Crippen molar-refractivity contribution in [2.75, 3.05) is 91.6 Å². The van der Waals surface area contributed by atoms with E-state index in [1.807, 2.05) is 0 Å². The fraction of sp³-hybridized carbons (Fsp3) is 1.00. The van der Waals surface area contributed by atoms with Gasteiger partial charge in [0.2, 0.25) is 0 Å². The zero-order valence-corrected chi connectivity index (χ0v) is 45.4. The van der Waals surface area contributed by atoms with Crippen LogP contribution in [-0.2, 0) is 74.6 Å². The molecular weight excluding hydrogens is 1170 g/mol. The number of alkyl halides is 12. The molecule has 0 aromatic rings. The Bertz CT molecular complexity index is 1680. The Morgan fingerprint density at radius 1 is 0.300 bits per heavy atom. The van der Waals surface area contributed by atoms with Gasteiger partial charge >= 0.3 is 56.2 Å². The van der Waals surface area contributed by atoms with E-state index in [-0.39, 0.29) is 56.3 Å². The second-order valence-corrected chi connectivity index (χ2v) is 24.4. The zero-order valence-electron chi connectivity index (χ0n) is 40.3. The number of halogens is 12. The van der Waals surface area contributed by atoms with E-state index in [2.05, 4.69) is 112 Å². The van der Waals surface area contributed by atoms with Crippen molar-refractivity contribution in [1.29, 1.82) is 0 Å². The fourth-order valence-electron chi connectivity index (χ4n) is 5.62. The summed E-state index contributed by atoms with van der Waals surface area (Å²) in [6.45, 7) is 44.8. The van der Waals surface area contributed by atoms with Crippen molar-refractivity contribution in [2.24, 2.45) is 0 Å². The van der Waals surface area contributed by atoms with Crippen LogP contribution in [0.4, 0.5) is 52.7 Å². The average molecular weight is 1230 g/mol. The van der Waals surface area contributed by atoms with Gasteiger partial charge in [-0.1, -0.05) is 0 Å². The molecule has 432 valence electrons. The molecule has 2 saturated heterocycles. The van der Waals surface area contributed by atoms with Crippen LogP contribution in [-0.4, -0.2) is 217 Å². The second kappa shape index (κ2) is 29.2. The van der Waals surface area contributed by atoms with Gasteiger partial charge in [0, 0.05) is 114 Å². The summed E-state index contributed by atoms with van der Waals surface area (Å²) in [5.74, 6) is 0. The first-order valence-corrected chi connectivity index (χ1v) is 25.5. The molecule has 70 heavy (non-hydrogen) atoms. The monoisotopic (exact) mass is 1230 g/mol. The summed E-state index contributed by atoms with van der Waals surface area (Å²) in [6.07, 6.45) is 0. The fourth-order valence-corrected chi connectivity index (χ4v) is 5.62. The van der Waals surface area contributed by atoms with Crippen molar-refractivity contribution in [2.45, 2.75) is 127 Å². The van der Waals surface area contributed by atoms with Crippen LogP contribution in [0.2, 0.25) is 0 Å². The van der Waals surface area contributed by atoms with Gasteiger partial charge in [-0.15, -0.1) is 0 Å². The molecule has 0 atom stereocenters. The molecule has 0 aromatic heterocycles. The summed E-state index contributed by atoms with van der Waals surface area (Å²) in [5.41, 5.74) is -21.7. The van der Waals surface area contributed by atoms with Gasteiger partial charge in [0.05, 0.1) is 0 Å². The molecule has 0 unspecified atom stereocenters. The third-order valence-corrected chi connectivity index (χ3v) is 12.0. The van der Waals surface area contributed by atoms with E-state index in [0.29, 0.717) is 0 Å². The minimum absolute atomic E-state index is 0. The Labute approximate surface area is 425 Å².